The Morgan fingerprint density at radius 3 is 2.89 bits per heavy atom. The molecule has 0 aromatic heterocycles. The molecule has 3 unspecified atom stereocenters. The SMILES string of the molecule is CC1CCCN(C(=O)CN2CCCC3CNCC32)C1. The number of hydrogen-bond acceptors (Lipinski definition) is 3. The van der Waals surface area contributed by atoms with E-state index in [9.17, 15) is 4.79 Å². The van der Waals surface area contributed by atoms with E-state index in [0.717, 1.165) is 38.6 Å². The summed E-state index contributed by atoms with van der Waals surface area (Å²) >= 11 is 0. The molecule has 4 heteroatoms. The minimum Gasteiger partial charge on any atom is -0.341 e. The molecule has 0 aromatic rings. The summed E-state index contributed by atoms with van der Waals surface area (Å²) in [6, 6.07) is 0.611. The average molecular weight is 265 g/mol. The minimum absolute atomic E-state index is 0.360. The molecule has 19 heavy (non-hydrogen) atoms. The Hall–Kier alpha value is -0.610. The fourth-order valence-electron chi connectivity index (χ4n) is 4.05. The van der Waals surface area contributed by atoms with Gasteiger partial charge in [-0.15, -0.1) is 0 Å². The van der Waals surface area contributed by atoms with E-state index >= 15 is 0 Å². The number of likely N-dealkylation sites (tertiary alicyclic amines) is 2. The summed E-state index contributed by atoms with van der Waals surface area (Å²) in [6.45, 7) is 8.19. The van der Waals surface area contributed by atoms with Crippen LogP contribution in [0.2, 0.25) is 0 Å². The smallest absolute Gasteiger partial charge is 0.236 e. The van der Waals surface area contributed by atoms with Gasteiger partial charge >= 0.3 is 0 Å². The van der Waals surface area contributed by atoms with Crippen molar-refractivity contribution < 1.29 is 4.79 Å². The molecule has 3 atom stereocenters. The number of carbonyl (C=O) groups excluding carboxylic acids is 1. The van der Waals surface area contributed by atoms with Crippen molar-refractivity contribution in [2.75, 3.05) is 39.3 Å². The predicted molar refractivity (Wildman–Crippen MR) is 75.9 cm³/mol. The van der Waals surface area contributed by atoms with E-state index < -0.39 is 0 Å². The van der Waals surface area contributed by atoms with E-state index in [1.165, 1.54) is 25.7 Å². The average Bonchev–Trinajstić information content (AvgIpc) is 2.88. The lowest BCUT2D eigenvalue weighted by Crippen LogP contribution is -2.51. The third kappa shape index (κ3) is 2.95. The number of piperidine rings is 2. The highest BCUT2D eigenvalue weighted by molar-refractivity contribution is 5.78. The van der Waals surface area contributed by atoms with Crippen LogP contribution in [0.5, 0.6) is 0 Å². The monoisotopic (exact) mass is 265 g/mol. The topological polar surface area (TPSA) is 35.6 Å². The Morgan fingerprint density at radius 1 is 1.21 bits per heavy atom. The van der Waals surface area contributed by atoms with Gasteiger partial charge in [0.1, 0.15) is 0 Å². The van der Waals surface area contributed by atoms with E-state index in [0.29, 0.717) is 24.4 Å². The van der Waals surface area contributed by atoms with Gasteiger partial charge < -0.3 is 10.2 Å². The van der Waals surface area contributed by atoms with Gasteiger partial charge in [-0.3, -0.25) is 9.69 Å². The standard InChI is InChI=1S/C15H27N3O/c1-12-4-2-7-18(10-12)15(19)11-17-6-3-5-13-8-16-9-14(13)17/h12-14,16H,2-11H2,1H3. The van der Waals surface area contributed by atoms with Gasteiger partial charge in [0, 0.05) is 25.7 Å². The summed E-state index contributed by atoms with van der Waals surface area (Å²) < 4.78 is 0. The highest BCUT2D eigenvalue weighted by atomic mass is 16.2. The minimum atomic E-state index is 0.360. The summed E-state index contributed by atoms with van der Waals surface area (Å²) in [4.78, 5) is 17.0. The van der Waals surface area contributed by atoms with Crippen molar-refractivity contribution in [2.24, 2.45) is 11.8 Å². The van der Waals surface area contributed by atoms with Crippen LogP contribution in [0.4, 0.5) is 0 Å². The molecule has 0 bridgehead atoms. The molecule has 1 amide bonds. The molecule has 3 fully saturated rings. The van der Waals surface area contributed by atoms with Crippen molar-refractivity contribution in [1.29, 1.82) is 0 Å². The largest absolute Gasteiger partial charge is 0.341 e. The Kier molecular flexibility index (Phi) is 4.08. The van der Waals surface area contributed by atoms with Crippen molar-refractivity contribution in [3.05, 3.63) is 0 Å². The number of fused-ring (bicyclic) bond motifs is 1. The number of nitrogens with zero attached hydrogens (tertiary/aromatic N) is 2. The zero-order valence-corrected chi connectivity index (χ0v) is 12.1. The Bertz CT molecular complexity index is 333. The van der Waals surface area contributed by atoms with Crippen molar-refractivity contribution in [3.63, 3.8) is 0 Å². The maximum absolute atomic E-state index is 12.5. The molecular formula is C15H27N3O. The molecule has 3 rings (SSSR count). The van der Waals surface area contributed by atoms with Crippen LogP contribution in [0.1, 0.15) is 32.6 Å². The molecule has 0 aromatic carbocycles. The summed E-state index contributed by atoms with van der Waals surface area (Å²) in [5.74, 6) is 1.82. The maximum atomic E-state index is 12.5. The Labute approximate surface area is 116 Å². The fourth-order valence-corrected chi connectivity index (χ4v) is 4.05. The van der Waals surface area contributed by atoms with Crippen molar-refractivity contribution in [3.8, 4) is 0 Å². The zero-order valence-electron chi connectivity index (χ0n) is 12.1. The number of carbonyl (C=O) groups is 1. The highest BCUT2D eigenvalue weighted by Gasteiger charge is 2.36. The molecule has 3 heterocycles. The van der Waals surface area contributed by atoms with E-state index in [1.807, 2.05) is 0 Å². The molecule has 1 N–H and O–H groups in total. The summed E-state index contributed by atoms with van der Waals surface area (Å²) in [5.41, 5.74) is 0. The molecule has 0 saturated carbocycles. The van der Waals surface area contributed by atoms with Crippen LogP contribution in [-0.2, 0) is 4.79 Å². The molecule has 4 nitrogen and oxygen atoms in total. The second-order valence-corrected chi connectivity index (χ2v) is 6.69. The first-order valence-electron chi connectivity index (χ1n) is 7.96. The summed E-state index contributed by atoms with van der Waals surface area (Å²) in [6.07, 6.45) is 5.05. The summed E-state index contributed by atoms with van der Waals surface area (Å²) in [7, 11) is 0. The van der Waals surface area contributed by atoms with Gasteiger partial charge in [-0.1, -0.05) is 6.92 Å². The third-order valence-electron chi connectivity index (χ3n) is 5.14. The predicted octanol–water partition coefficient (Wildman–Crippen LogP) is 0.929. The second kappa shape index (κ2) is 5.80. The van der Waals surface area contributed by atoms with E-state index in [4.69, 9.17) is 0 Å². The quantitative estimate of drug-likeness (QED) is 0.807. The molecule has 108 valence electrons. The van der Waals surface area contributed by atoms with Crippen LogP contribution in [-0.4, -0.2) is 61.0 Å². The molecule has 3 saturated heterocycles. The molecule has 0 radical (unpaired) electrons. The molecular weight excluding hydrogens is 238 g/mol. The first-order valence-corrected chi connectivity index (χ1v) is 7.96. The van der Waals surface area contributed by atoms with Gasteiger partial charge in [0.15, 0.2) is 0 Å². The van der Waals surface area contributed by atoms with Crippen LogP contribution in [0.15, 0.2) is 0 Å². The number of nitrogens with one attached hydrogen (secondary N) is 1. The first kappa shape index (κ1) is 13.4. The Balaban J connectivity index is 1.56. The number of amides is 1. The number of hydrogen-bond donors (Lipinski definition) is 1. The fraction of sp³-hybridized carbons (Fsp3) is 0.933. The first-order chi connectivity index (χ1) is 9.24. The van der Waals surface area contributed by atoms with Gasteiger partial charge in [0.2, 0.25) is 5.91 Å². The molecule has 3 aliphatic heterocycles. The highest BCUT2D eigenvalue weighted by Crippen LogP contribution is 2.26. The number of rotatable bonds is 2. The van der Waals surface area contributed by atoms with E-state index in [2.05, 4.69) is 22.0 Å². The van der Waals surface area contributed by atoms with Gasteiger partial charge in [0.25, 0.3) is 0 Å². The van der Waals surface area contributed by atoms with Crippen molar-refractivity contribution >= 4 is 5.91 Å². The van der Waals surface area contributed by atoms with E-state index in [-0.39, 0.29) is 0 Å². The summed E-state index contributed by atoms with van der Waals surface area (Å²) in [5, 5.41) is 3.49. The molecule has 0 spiro atoms. The van der Waals surface area contributed by atoms with Gasteiger partial charge in [0.05, 0.1) is 6.54 Å². The maximum Gasteiger partial charge on any atom is 0.236 e. The van der Waals surface area contributed by atoms with Crippen LogP contribution in [0.25, 0.3) is 0 Å². The van der Waals surface area contributed by atoms with Crippen LogP contribution in [0, 0.1) is 11.8 Å². The van der Waals surface area contributed by atoms with Crippen molar-refractivity contribution in [1.82, 2.24) is 15.1 Å². The van der Waals surface area contributed by atoms with Gasteiger partial charge in [-0.25, -0.2) is 0 Å². The van der Waals surface area contributed by atoms with E-state index in [1.54, 1.807) is 0 Å². The zero-order chi connectivity index (χ0) is 13.2. The molecule has 3 aliphatic rings. The third-order valence-corrected chi connectivity index (χ3v) is 5.14. The van der Waals surface area contributed by atoms with Gasteiger partial charge in [-0.05, 0) is 50.6 Å². The van der Waals surface area contributed by atoms with Crippen LogP contribution < -0.4 is 5.32 Å². The lowest BCUT2D eigenvalue weighted by Gasteiger charge is -2.38. The lowest BCUT2D eigenvalue weighted by molar-refractivity contribution is -0.135. The van der Waals surface area contributed by atoms with Crippen LogP contribution >= 0.6 is 0 Å². The second-order valence-electron chi connectivity index (χ2n) is 6.69. The normalized spacial score (nSPS) is 36.3. The lowest BCUT2D eigenvalue weighted by atomic mass is 9.92. The van der Waals surface area contributed by atoms with Crippen molar-refractivity contribution in [2.45, 2.75) is 38.6 Å². The Morgan fingerprint density at radius 2 is 2.05 bits per heavy atom. The van der Waals surface area contributed by atoms with Crippen LogP contribution in [0.3, 0.4) is 0 Å². The van der Waals surface area contributed by atoms with Gasteiger partial charge in [-0.2, -0.15) is 0 Å². The molecule has 0 aliphatic carbocycles.